The monoisotopic (exact) mass is 265 g/mol. The van der Waals surface area contributed by atoms with Gasteiger partial charge in [-0.05, 0) is 26.7 Å². The first-order valence-electron chi connectivity index (χ1n) is 7.25. The number of nitrogens with zero attached hydrogens (tertiary/aromatic N) is 4. The van der Waals surface area contributed by atoms with Gasteiger partial charge in [-0.15, -0.1) is 0 Å². The summed E-state index contributed by atoms with van der Waals surface area (Å²) >= 11 is 0. The van der Waals surface area contributed by atoms with Crippen LogP contribution in [-0.4, -0.2) is 43.8 Å². The lowest BCUT2D eigenvalue weighted by atomic mass is 9.84. The molecule has 1 aliphatic rings. The normalized spacial score (nSPS) is 22.6. The summed E-state index contributed by atoms with van der Waals surface area (Å²) in [6, 6.07) is 0. The van der Waals surface area contributed by atoms with Crippen LogP contribution in [0.4, 0.5) is 0 Å². The zero-order valence-corrected chi connectivity index (χ0v) is 12.9. The van der Waals surface area contributed by atoms with Crippen molar-refractivity contribution in [3.8, 4) is 0 Å². The molecule has 0 radical (unpaired) electrons. The highest BCUT2D eigenvalue weighted by Gasteiger charge is 2.41. The molecule has 0 unspecified atom stereocenters. The maximum Gasteiger partial charge on any atom is 0.140 e. The van der Waals surface area contributed by atoms with Crippen molar-refractivity contribution < 1.29 is 0 Å². The number of aryl methyl sites for hydroxylation is 1. The van der Waals surface area contributed by atoms with Gasteiger partial charge in [0.1, 0.15) is 12.2 Å². The third-order valence-electron chi connectivity index (χ3n) is 4.61. The molecule has 1 aromatic heterocycles. The summed E-state index contributed by atoms with van der Waals surface area (Å²) in [5, 5.41) is 7.87. The predicted molar refractivity (Wildman–Crippen MR) is 76.8 cm³/mol. The summed E-state index contributed by atoms with van der Waals surface area (Å²) in [4.78, 5) is 6.97. The molecule has 2 heterocycles. The van der Waals surface area contributed by atoms with Crippen molar-refractivity contribution in [3.63, 3.8) is 0 Å². The Morgan fingerprint density at radius 3 is 2.53 bits per heavy atom. The van der Waals surface area contributed by atoms with Crippen molar-refractivity contribution in [2.24, 2.45) is 7.05 Å². The smallest absolute Gasteiger partial charge is 0.140 e. The van der Waals surface area contributed by atoms with E-state index in [2.05, 4.69) is 48.0 Å². The molecule has 1 aliphatic heterocycles. The van der Waals surface area contributed by atoms with E-state index < -0.39 is 0 Å². The number of piperazine rings is 1. The summed E-state index contributed by atoms with van der Waals surface area (Å²) in [6.07, 6.45) is 3.96. The molecule has 1 aromatic rings. The fraction of sp³-hybridized carbons (Fsp3) is 0.857. The zero-order valence-electron chi connectivity index (χ0n) is 12.9. The van der Waals surface area contributed by atoms with Crippen molar-refractivity contribution >= 4 is 0 Å². The van der Waals surface area contributed by atoms with E-state index in [1.807, 2.05) is 11.7 Å². The minimum atomic E-state index is 0.159. The molecule has 0 aliphatic carbocycles. The maximum atomic E-state index is 4.38. The van der Waals surface area contributed by atoms with Crippen molar-refractivity contribution in [1.29, 1.82) is 0 Å². The van der Waals surface area contributed by atoms with Crippen molar-refractivity contribution in [3.05, 3.63) is 12.2 Å². The standard InChI is InChI=1S/C14H27N5/c1-6-14(7-2)9-16-13(3,4)10-19(14)8-12-15-11-17-18(12)5/h11,16H,6-10H2,1-5H3. The summed E-state index contributed by atoms with van der Waals surface area (Å²) in [7, 11) is 1.97. The predicted octanol–water partition coefficient (Wildman–Crippen LogP) is 1.56. The van der Waals surface area contributed by atoms with Crippen LogP contribution < -0.4 is 5.32 Å². The Hall–Kier alpha value is -0.940. The van der Waals surface area contributed by atoms with E-state index in [4.69, 9.17) is 0 Å². The Morgan fingerprint density at radius 2 is 2.00 bits per heavy atom. The number of aromatic nitrogens is 3. The second-order valence-corrected chi connectivity index (χ2v) is 6.32. The summed E-state index contributed by atoms with van der Waals surface area (Å²) in [6.45, 7) is 12.1. The third kappa shape index (κ3) is 2.82. The van der Waals surface area contributed by atoms with Gasteiger partial charge in [-0.25, -0.2) is 4.98 Å². The Balaban J connectivity index is 2.23. The molecule has 1 N–H and O–H groups in total. The van der Waals surface area contributed by atoms with Gasteiger partial charge in [0, 0.05) is 31.2 Å². The topological polar surface area (TPSA) is 46.0 Å². The Morgan fingerprint density at radius 1 is 1.32 bits per heavy atom. The van der Waals surface area contributed by atoms with Gasteiger partial charge in [-0.3, -0.25) is 9.58 Å². The Labute approximate surface area is 116 Å². The zero-order chi connectivity index (χ0) is 14.1. The van der Waals surface area contributed by atoms with Crippen LogP contribution in [0.15, 0.2) is 6.33 Å². The molecule has 19 heavy (non-hydrogen) atoms. The van der Waals surface area contributed by atoms with Crippen LogP contribution in [0, 0.1) is 0 Å². The molecule has 108 valence electrons. The largest absolute Gasteiger partial charge is 0.309 e. The summed E-state index contributed by atoms with van der Waals surface area (Å²) in [5.41, 5.74) is 0.397. The molecule has 0 bridgehead atoms. The number of nitrogens with one attached hydrogen (secondary N) is 1. The Kier molecular flexibility index (Phi) is 3.97. The highest BCUT2D eigenvalue weighted by Crippen LogP contribution is 2.31. The maximum absolute atomic E-state index is 4.38. The first kappa shape index (κ1) is 14.5. The van der Waals surface area contributed by atoms with Crippen LogP contribution in [-0.2, 0) is 13.6 Å². The van der Waals surface area contributed by atoms with Crippen LogP contribution in [0.3, 0.4) is 0 Å². The van der Waals surface area contributed by atoms with E-state index in [9.17, 15) is 0 Å². The molecular formula is C14H27N5. The van der Waals surface area contributed by atoms with Crippen LogP contribution in [0.25, 0.3) is 0 Å². The molecule has 5 nitrogen and oxygen atoms in total. The van der Waals surface area contributed by atoms with Crippen molar-refractivity contribution in [1.82, 2.24) is 25.0 Å². The van der Waals surface area contributed by atoms with Gasteiger partial charge < -0.3 is 5.32 Å². The summed E-state index contributed by atoms with van der Waals surface area (Å²) in [5.74, 6) is 1.05. The van der Waals surface area contributed by atoms with Crippen LogP contribution in [0.2, 0.25) is 0 Å². The quantitative estimate of drug-likeness (QED) is 0.897. The first-order valence-corrected chi connectivity index (χ1v) is 7.25. The van der Waals surface area contributed by atoms with E-state index in [1.165, 1.54) is 0 Å². The lowest BCUT2D eigenvalue weighted by Gasteiger charge is -2.52. The fourth-order valence-electron chi connectivity index (χ4n) is 3.02. The second-order valence-electron chi connectivity index (χ2n) is 6.32. The van der Waals surface area contributed by atoms with Gasteiger partial charge in [0.05, 0.1) is 6.54 Å². The van der Waals surface area contributed by atoms with Crippen molar-refractivity contribution in [2.75, 3.05) is 13.1 Å². The lowest BCUT2D eigenvalue weighted by molar-refractivity contribution is -0.000195. The average molecular weight is 265 g/mol. The highest BCUT2D eigenvalue weighted by atomic mass is 15.4. The van der Waals surface area contributed by atoms with E-state index in [-0.39, 0.29) is 11.1 Å². The lowest BCUT2D eigenvalue weighted by Crippen LogP contribution is -2.67. The molecule has 0 aromatic carbocycles. The van der Waals surface area contributed by atoms with Gasteiger partial charge in [-0.1, -0.05) is 13.8 Å². The van der Waals surface area contributed by atoms with E-state index in [0.717, 1.165) is 38.3 Å². The highest BCUT2D eigenvalue weighted by molar-refractivity contribution is 5.02. The number of rotatable bonds is 4. The van der Waals surface area contributed by atoms with E-state index in [1.54, 1.807) is 6.33 Å². The molecule has 1 fully saturated rings. The molecule has 2 rings (SSSR count). The molecule has 5 heteroatoms. The number of hydrogen-bond donors (Lipinski definition) is 1. The molecular weight excluding hydrogens is 238 g/mol. The van der Waals surface area contributed by atoms with Crippen LogP contribution in [0.1, 0.15) is 46.4 Å². The second kappa shape index (κ2) is 5.21. The fourth-order valence-corrected chi connectivity index (χ4v) is 3.02. The molecule has 0 saturated carbocycles. The third-order valence-corrected chi connectivity index (χ3v) is 4.61. The molecule has 0 atom stereocenters. The Bertz CT molecular complexity index is 419. The van der Waals surface area contributed by atoms with Crippen molar-refractivity contribution in [2.45, 2.75) is 58.2 Å². The minimum absolute atomic E-state index is 0.159. The SMILES string of the molecule is CCC1(CC)CNC(C)(C)CN1Cc1ncnn1C. The van der Waals surface area contributed by atoms with E-state index >= 15 is 0 Å². The van der Waals surface area contributed by atoms with Crippen LogP contribution >= 0.6 is 0 Å². The van der Waals surface area contributed by atoms with Gasteiger partial charge in [0.2, 0.25) is 0 Å². The van der Waals surface area contributed by atoms with Crippen LogP contribution in [0.5, 0.6) is 0 Å². The number of hydrogen-bond acceptors (Lipinski definition) is 4. The average Bonchev–Trinajstić information content (AvgIpc) is 2.76. The van der Waals surface area contributed by atoms with Gasteiger partial charge in [0.25, 0.3) is 0 Å². The molecule has 0 amide bonds. The molecule has 0 spiro atoms. The van der Waals surface area contributed by atoms with Gasteiger partial charge >= 0.3 is 0 Å². The minimum Gasteiger partial charge on any atom is -0.309 e. The molecule has 1 saturated heterocycles. The van der Waals surface area contributed by atoms with E-state index in [0.29, 0.717) is 0 Å². The first-order chi connectivity index (χ1) is 8.92. The summed E-state index contributed by atoms with van der Waals surface area (Å²) < 4.78 is 1.88. The van der Waals surface area contributed by atoms with Gasteiger partial charge in [-0.2, -0.15) is 5.10 Å². The van der Waals surface area contributed by atoms with Gasteiger partial charge in [0.15, 0.2) is 0 Å².